The Balaban J connectivity index is 2.16. The van der Waals surface area contributed by atoms with Crippen molar-refractivity contribution in [3.8, 4) is 0 Å². The zero-order chi connectivity index (χ0) is 13.6. The molecule has 0 aromatic carbocycles. The van der Waals surface area contributed by atoms with Gasteiger partial charge in [-0.25, -0.2) is 0 Å². The zero-order valence-corrected chi connectivity index (χ0v) is 11.5. The SMILES string of the molecule is CCC1CN(CCCCC(C)(N)C(=O)O)CCO1. The number of rotatable bonds is 7. The topological polar surface area (TPSA) is 75.8 Å². The molecule has 0 spiro atoms. The van der Waals surface area contributed by atoms with Gasteiger partial charge in [0.15, 0.2) is 0 Å². The van der Waals surface area contributed by atoms with Gasteiger partial charge < -0.3 is 15.6 Å². The first-order chi connectivity index (χ1) is 8.45. The normalized spacial score (nSPS) is 24.7. The highest BCUT2D eigenvalue weighted by Gasteiger charge is 2.27. The number of hydrogen-bond acceptors (Lipinski definition) is 4. The van der Waals surface area contributed by atoms with Gasteiger partial charge in [-0.05, 0) is 39.2 Å². The molecule has 0 aromatic rings. The molecule has 1 saturated heterocycles. The summed E-state index contributed by atoms with van der Waals surface area (Å²) in [7, 11) is 0. The van der Waals surface area contributed by atoms with E-state index in [1.807, 2.05) is 0 Å². The molecule has 0 radical (unpaired) electrons. The summed E-state index contributed by atoms with van der Waals surface area (Å²) >= 11 is 0. The van der Waals surface area contributed by atoms with E-state index in [-0.39, 0.29) is 0 Å². The summed E-state index contributed by atoms with van der Waals surface area (Å²) in [6, 6.07) is 0. The smallest absolute Gasteiger partial charge is 0.323 e. The van der Waals surface area contributed by atoms with Gasteiger partial charge in [0.2, 0.25) is 0 Å². The van der Waals surface area contributed by atoms with Crippen LogP contribution in [0.4, 0.5) is 0 Å². The summed E-state index contributed by atoms with van der Waals surface area (Å²) in [6.07, 6.45) is 3.79. The second-order valence-corrected chi connectivity index (χ2v) is 5.38. The highest BCUT2D eigenvalue weighted by molar-refractivity contribution is 5.77. The Morgan fingerprint density at radius 3 is 2.89 bits per heavy atom. The van der Waals surface area contributed by atoms with E-state index < -0.39 is 11.5 Å². The predicted molar refractivity (Wildman–Crippen MR) is 70.6 cm³/mol. The number of hydrogen-bond donors (Lipinski definition) is 2. The molecule has 2 unspecified atom stereocenters. The van der Waals surface area contributed by atoms with Crippen molar-refractivity contribution in [3.05, 3.63) is 0 Å². The molecule has 5 nitrogen and oxygen atoms in total. The Bertz CT molecular complexity index is 269. The number of carbonyl (C=O) groups is 1. The van der Waals surface area contributed by atoms with Gasteiger partial charge in [0.25, 0.3) is 0 Å². The fourth-order valence-electron chi connectivity index (χ4n) is 2.17. The minimum absolute atomic E-state index is 0.359. The first-order valence-corrected chi connectivity index (χ1v) is 6.82. The fraction of sp³-hybridized carbons (Fsp3) is 0.923. The van der Waals surface area contributed by atoms with Gasteiger partial charge in [0, 0.05) is 13.1 Å². The minimum Gasteiger partial charge on any atom is -0.480 e. The van der Waals surface area contributed by atoms with E-state index in [1.54, 1.807) is 6.92 Å². The van der Waals surface area contributed by atoms with E-state index in [9.17, 15) is 4.79 Å². The second kappa shape index (κ2) is 7.07. The molecule has 2 atom stereocenters. The molecule has 1 aliphatic rings. The number of morpholine rings is 1. The van der Waals surface area contributed by atoms with Crippen LogP contribution in [0.3, 0.4) is 0 Å². The van der Waals surface area contributed by atoms with Gasteiger partial charge in [-0.1, -0.05) is 6.92 Å². The Hall–Kier alpha value is -0.650. The van der Waals surface area contributed by atoms with Crippen LogP contribution in [0.25, 0.3) is 0 Å². The van der Waals surface area contributed by atoms with E-state index >= 15 is 0 Å². The van der Waals surface area contributed by atoms with Crippen molar-refractivity contribution < 1.29 is 14.6 Å². The lowest BCUT2D eigenvalue weighted by Gasteiger charge is -2.32. The van der Waals surface area contributed by atoms with Crippen molar-refractivity contribution in [1.82, 2.24) is 4.90 Å². The van der Waals surface area contributed by atoms with Crippen LogP contribution in [0.5, 0.6) is 0 Å². The van der Waals surface area contributed by atoms with Crippen LogP contribution in [0, 0.1) is 0 Å². The van der Waals surface area contributed by atoms with E-state index in [4.69, 9.17) is 15.6 Å². The number of carboxylic acids is 1. The van der Waals surface area contributed by atoms with Gasteiger partial charge in [-0.15, -0.1) is 0 Å². The summed E-state index contributed by atoms with van der Waals surface area (Å²) in [6.45, 7) is 7.51. The van der Waals surface area contributed by atoms with E-state index in [0.29, 0.717) is 12.5 Å². The third-order valence-corrected chi connectivity index (χ3v) is 3.59. The van der Waals surface area contributed by atoms with Gasteiger partial charge in [-0.2, -0.15) is 0 Å². The lowest BCUT2D eigenvalue weighted by atomic mass is 9.96. The molecular formula is C13H26N2O3. The predicted octanol–water partition coefficient (Wildman–Crippen LogP) is 1.07. The van der Waals surface area contributed by atoms with E-state index in [2.05, 4.69) is 11.8 Å². The van der Waals surface area contributed by atoms with Crippen LogP contribution in [0.2, 0.25) is 0 Å². The molecule has 1 heterocycles. The molecule has 5 heteroatoms. The summed E-state index contributed by atoms with van der Waals surface area (Å²) in [5.74, 6) is -0.917. The first-order valence-electron chi connectivity index (χ1n) is 6.82. The molecule has 106 valence electrons. The molecular weight excluding hydrogens is 232 g/mol. The third kappa shape index (κ3) is 4.92. The van der Waals surface area contributed by atoms with E-state index in [1.165, 1.54) is 0 Å². The van der Waals surface area contributed by atoms with E-state index in [0.717, 1.165) is 45.5 Å². The average molecular weight is 258 g/mol. The minimum atomic E-state index is -1.09. The van der Waals surface area contributed by atoms with Gasteiger partial charge in [0.1, 0.15) is 5.54 Å². The molecule has 0 amide bonds. The quantitative estimate of drug-likeness (QED) is 0.668. The highest BCUT2D eigenvalue weighted by atomic mass is 16.5. The maximum absolute atomic E-state index is 10.8. The number of nitrogens with zero attached hydrogens (tertiary/aromatic N) is 1. The van der Waals surface area contributed by atoms with Crippen molar-refractivity contribution in [2.45, 2.75) is 51.2 Å². The van der Waals surface area contributed by atoms with Gasteiger partial charge >= 0.3 is 5.97 Å². The number of aliphatic carboxylic acids is 1. The Morgan fingerprint density at radius 1 is 1.56 bits per heavy atom. The molecule has 0 saturated carbocycles. The van der Waals surface area contributed by atoms with Crippen LogP contribution < -0.4 is 5.73 Å². The van der Waals surface area contributed by atoms with Crippen molar-refractivity contribution >= 4 is 5.97 Å². The molecule has 0 aliphatic carbocycles. The Labute approximate surface area is 109 Å². The molecule has 3 N–H and O–H groups in total. The number of unbranched alkanes of at least 4 members (excludes halogenated alkanes) is 1. The number of carboxylic acid groups (broad SMARTS) is 1. The van der Waals surface area contributed by atoms with Crippen LogP contribution in [-0.2, 0) is 9.53 Å². The molecule has 0 bridgehead atoms. The summed E-state index contributed by atoms with van der Waals surface area (Å²) in [5, 5.41) is 8.90. The summed E-state index contributed by atoms with van der Waals surface area (Å²) in [5.41, 5.74) is 4.60. The largest absolute Gasteiger partial charge is 0.480 e. The van der Waals surface area contributed by atoms with Crippen LogP contribution in [-0.4, -0.2) is 53.9 Å². The molecule has 18 heavy (non-hydrogen) atoms. The van der Waals surface area contributed by atoms with Gasteiger partial charge in [0.05, 0.1) is 12.7 Å². The Morgan fingerprint density at radius 2 is 2.28 bits per heavy atom. The highest BCUT2D eigenvalue weighted by Crippen LogP contribution is 2.13. The molecule has 1 rings (SSSR count). The maximum atomic E-state index is 10.8. The number of ether oxygens (including phenoxy) is 1. The fourth-order valence-corrected chi connectivity index (χ4v) is 2.17. The van der Waals surface area contributed by atoms with Crippen LogP contribution in [0.15, 0.2) is 0 Å². The van der Waals surface area contributed by atoms with Crippen LogP contribution in [0.1, 0.15) is 39.5 Å². The van der Waals surface area contributed by atoms with Crippen molar-refractivity contribution in [1.29, 1.82) is 0 Å². The van der Waals surface area contributed by atoms with Crippen molar-refractivity contribution in [2.24, 2.45) is 5.73 Å². The lowest BCUT2D eigenvalue weighted by Crippen LogP contribution is -2.45. The Kier molecular flexibility index (Phi) is 6.05. The standard InChI is InChI=1S/C13H26N2O3/c1-3-11-10-15(8-9-18-11)7-5-4-6-13(2,14)12(16)17/h11H,3-10,14H2,1-2H3,(H,16,17). The van der Waals surface area contributed by atoms with Crippen LogP contribution >= 0.6 is 0 Å². The zero-order valence-electron chi connectivity index (χ0n) is 11.5. The van der Waals surface area contributed by atoms with Gasteiger partial charge in [-0.3, -0.25) is 9.69 Å². The number of nitrogens with two attached hydrogens (primary N) is 1. The maximum Gasteiger partial charge on any atom is 0.323 e. The first kappa shape index (κ1) is 15.4. The lowest BCUT2D eigenvalue weighted by molar-refractivity contribution is -0.142. The molecule has 1 fully saturated rings. The monoisotopic (exact) mass is 258 g/mol. The molecule has 1 aliphatic heterocycles. The van der Waals surface area contributed by atoms with Crippen molar-refractivity contribution in [3.63, 3.8) is 0 Å². The summed E-state index contributed by atoms with van der Waals surface area (Å²) < 4.78 is 5.61. The van der Waals surface area contributed by atoms with Crippen molar-refractivity contribution in [2.75, 3.05) is 26.2 Å². The second-order valence-electron chi connectivity index (χ2n) is 5.38. The summed E-state index contributed by atoms with van der Waals surface area (Å²) in [4.78, 5) is 13.2. The third-order valence-electron chi connectivity index (χ3n) is 3.59. The average Bonchev–Trinajstić information content (AvgIpc) is 2.35. The molecule has 0 aromatic heterocycles.